The van der Waals surface area contributed by atoms with E-state index in [1.165, 1.54) is 0 Å². The number of halogens is 1. The maximum atomic E-state index is 12.2. The molecule has 1 aliphatic carbocycles. The van der Waals surface area contributed by atoms with Gasteiger partial charge in [0, 0.05) is 29.9 Å². The molecule has 1 saturated heterocycles. The van der Waals surface area contributed by atoms with Gasteiger partial charge < -0.3 is 21.5 Å². The molecule has 10 heteroatoms. The van der Waals surface area contributed by atoms with Crippen LogP contribution in [-0.4, -0.2) is 48.6 Å². The fourth-order valence-corrected chi connectivity index (χ4v) is 5.84. The van der Waals surface area contributed by atoms with Crippen LogP contribution in [0, 0.1) is 24.2 Å². The first kappa shape index (κ1) is 24.4. The molecule has 1 aliphatic heterocycles. The summed E-state index contributed by atoms with van der Waals surface area (Å²) in [4.78, 5) is 14.0. The molecule has 1 unspecified atom stereocenters. The SMILES string of the molecule is CC#CC(=O)N1CCC2(CC(n3nc(-c4cn(Cc5cccc(Cl)c5)nc4C)c(C(N)O)c3N)C2)C1. The maximum Gasteiger partial charge on any atom is 0.298 e. The Kier molecular flexibility index (Phi) is 6.29. The molecule has 0 bridgehead atoms. The summed E-state index contributed by atoms with van der Waals surface area (Å²) in [5, 5.41) is 20.5. The third-order valence-electron chi connectivity index (χ3n) is 7.36. The molecule has 1 atom stereocenters. The molecular weight excluding hydrogens is 478 g/mol. The van der Waals surface area contributed by atoms with Gasteiger partial charge in [0.15, 0.2) is 0 Å². The van der Waals surface area contributed by atoms with Crippen LogP contribution in [0.3, 0.4) is 0 Å². The van der Waals surface area contributed by atoms with Gasteiger partial charge in [0.05, 0.1) is 23.8 Å². The quantitative estimate of drug-likeness (QED) is 0.360. The Morgan fingerprint density at radius 3 is 2.83 bits per heavy atom. The van der Waals surface area contributed by atoms with Gasteiger partial charge in [-0.3, -0.25) is 9.48 Å². The van der Waals surface area contributed by atoms with Crippen LogP contribution < -0.4 is 11.5 Å². The van der Waals surface area contributed by atoms with Crippen molar-refractivity contribution in [1.82, 2.24) is 24.5 Å². The van der Waals surface area contributed by atoms with Crippen LogP contribution in [0.15, 0.2) is 30.5 Å². The molecule has 1 amide bonds. The van der Waals surface area contributed by atoms with E-state index in [0.29, 0.717) is 35.2 Å². The first-order valence-corrected chi connectivity index (χ1v) is 12.4. The van der Waals surface area contributed by atoms with Crippen molar-refractivity contribution < 1.29 is 9.90 Å². The molecule has 9 nitrogen and oxygen atoms in total. The number of aryl methyl sites for hydroxylation is 1. The van der Waals surface area contributed by atoms with E-state index in [0.717, 1.165) is 42.6 Å². The fraction of sp³-hybridized carbons (Fsp3) is 0.423. The van der Waals surface area contributed by atoms with Crippen molar-refractivity contribution >= 4 is 23.3 Å². The minimum atomic E-state index is -1.27. The number of aromatic nitrogens is 4. The third kappa shape index (κ3) is 4.37. The standard InChI is InChI=1S/C26H30ClN7O2/c1-3-5-21(35)32-9-8-26(15-32)11-19(12-26)34-24(28)22(25(29)36)23(31-34)20-14-33(30-16(20)2)13-17-6-4-7-18(27)10-17/h4,6-7,10,14,19,25,36H,8-9,11-13,15,28-29H2,1-2H3. The summed E-state index contributed by atoms with van der Waals surface area (Å²) in [7, 11) is 0. The second-order valence-corrected chi connectivity index (χ2v) is 10.3. The molecule has 188 valence electrons. The molecule has 1 spiro atoms. The van der Waals surface area contributed by atoms with E-state index in [9.17, 15) is 9.90 Å². The average molecular weight is 508 g/mol. The summed E-state index contributed by atoms with van der Waals surface area (Å²) in [6.07, 6.45) is 3.27. The van der Waals surface area contributed by atoms with Crippen molar-refractivity contribution in [2.75, 3.05) is 18.8 Å². The Balaban J connectivity index is 1.39. The normalized spacial score (nSPS) is 21.8. The zero-order chi connectivity index (χ0) is 25.6. The molecule has 2 fully saturated rings. The first-order chi connectivity index (χ1) is 17.2. The molecule has 3 heterocycles. The molecule has 5 rings (SSSR count). The van der Waals surface area contributed by atoms with Crippen molar-refractivity contribution in [3.05, 3.63) is 52.3 Å². The summed E-state index contributed by atoms with van der Waals surface area (Å²) in [6.45, 7) is 5.53. The van der Waals surface area contributed by atoms with Crippen LogP contribution in [-0.2, 0) is 11.3 Å². The van der Waals surface area contributed by atoms with Crippen LogP contribution >= 0.6 is 11.6 Å². The number of nitrogens with zero attached hydrogens (tertiary/aromatic N) is 5. The predicted molar refractivity (Wildman–Crippen MR) is 138 cm³/mol. The average Bonchev–Trinajstić information content (AvgIpc) is 3.48. The summed E-state index contributed by atoms with van der Waals surface area (Å²) in [5.41, 5.74) is 16.0. The molecule has 36 heavy (non-hydrogen) atoms. The van der Waals surface area contributed by atoms with Gasteiger partial charge in [-0.1, -0.05) is 29.7 Å². The Hall–Kier alpha value is -3.32. The number of likely N-dealkylation sites (tertiary alicyclic amines) is 1. The summed E-state index contributed by atoms with van der Waals surface area (Å²) in [5.74, 6) is 5.57. The highest BCUT2D eigenvalue weighted by atomic mass is 35.5. The molecule has 1 saturated carbocycles. The van der Waals surface area contributed by atoms with E-state index in [1.54, 1.807) is 11.6 Å². The number of nitrogen functional groups attached to an aromatic ring is 1. The number of hydrogen-bond acceptors (Lipinski definition) is 6. The largest absolute Gasteiger partial charge is 0.384 e. The second-order valence-electron chi connectivity index (χ2n) is 9.91. The van der Waals surface area contributed by atoms with E-state index in [4.69, 9.17) is 28.2 Å². The fourth-order valence-electron chi connectivity index (χ4n) is 5.62. The van der Waals surface area contributed by atoms with Gasteiger partial charge >= 0.3 is 0 Å². The van der Waals surface area contributed by atoms with E-state index >= 15 is 0 Å². The van der Waals surface area contributed by atoms with Crippen LogP contribution in [0.2, 0.25) is 5.02 Å². The first-order valence-electron chi connectivity index (χ1n) is 12.0. The third-order valence-corrected chi connectivity index (χ3v) is 7.59. The maximum absolute atomic E-state index is 12.2. The van der Waals surface area contributed by atoms with Crippen molar-refractivity contribution in [3.8, 4) is 23.1 Å². The minimum absolute atomic E-state index is 0.0630. The highest BCUT2D eigenvalue weighted by Crippen LogP contribution is 2.55. The van der Waals surface area contributed by atoms with Gasteiger partial charge in [-0.15, -0.1) is 0 Å². The van der Waals surface area contributed by atoms with E-state index < -0.39 is 6.23 Å². The molecule has 1 aromatic carbocycles. The van der Waals surface area contributed by atoms with E-state index in [-0.39, 0.29) is 17.4 Å². The van der Waals surface area contributed by atoms with Gasteiger partial charge in [0.2, 0.25) is 0 Å². The van der Waals surface area contributed by atoms with Gasteiger partial charge in [0.1, 0.15) is 17.7 Å². The molecule has 2 aliphatic rings. The van der Waals surface area contributed by atoms with Crippen LogP contribution in [0.4, 0.5) is 5.82 Å². The molecule has 3 aromatic rings. The number of carbonyl (C=O) groups excluding carboxylic acids is 1. The lowest BCUT2D eigenvalue weighted by atomic mass is 9.65. The number of rotatable bonds is 5. The lowest BCUT2D eigenvalue weighted by Crippen LogP contribution is -2.42. The van der Waals surface area contributed by atoms with Gasteiger partial charge in [-0.25, -0.2) is 4.68 Å². The van der Waals surface area contributed by atoms with Crippen molar-refractivity contribution in [1.29, 1.82) is 0 Å². The minimum Gasteiger partial charge on any atom is -0.384 e. The summed E-state index contributed by atoms with van der Waals surface area (Å²) in [6, 6.07) is 7.70. The molecule has 5 N–H and O–H groups in total. The highest BCUT2D eigenvalue weighted by molar-refractivity contribution is 6.30. The summed E-state index contributed by atoms with van der Waals surface area (Å²) < 4.78 is 3.61. The number of anilines is 1. The van der Waals surface area contributed by atoms with Gasteiger partial charge in [-0.2, -0.15) is 10.2 Å². The molecule has 2 aromatic heterocycles. The smallest absolute Gasteiger partial charge is 0.298 e. The number of nitrogens with two attached hydrogens (primary N) is 2. The predicted octanol–water partition coefficient (Wildman–Crippen LogP) is 2.87. The van der Waals surface area contributed by atoms with E-state index in [2.05, 4.69) is 16.9 Å². The Bertz CT molecular complexity index is 1370. The number of aliphatic hydroxyl groups excluding tert-OH is 1. The lowest BCUT2D eigenvalue weighted by Gasteiger charge is -2.45. The highest BCUT2D eigenvalue weighted by Gasteiger charge is 2.51. The number of amides is 1. The zero-order valence-corrected chi connectivity index (χ0v) is 21.2. The Morgan fingerprint density at radius 2 is 2.14 bits per heavy atom. The van der Waals surface area contributed by atoms with Gasteiger partial charge in [0.25, 0.3) is 5.91 Å². The van der Waals surface area contributed by atoms with Crippen LogP contribution in [0.1, 0.15) is 55.3 Å². The Labute approximate surface area is 215 Å². The van der Waals surface area contributed by atoms with Gasteiger partial charge in [-0.05, 0) is 62.1 Å². The molecular formula is C26H30ClN7O2. The zero-order valence-electron chi connectivity index (χ0n) is 20.4. The monoisotopic (exact) mass is 507 g/mol. The lowest BCUT2D eigenvalue weighted by molar-refractivity contribution is -0.125. The van der Waals surface area contributed by atoms with E-state index in [1.807, 2.05) is 47.0 Å². The van der Waals surface area contributed by atoms with Crippen LogP contribution in [0.25, 0.3) is 11.3 Å². The number of hydrogen-bond donors (Lipinski definition) is 3. The van der Waals surface area contributed by atoms with Crippen LogP contribution in [0.5, 0.6) is 0 Å². The van der Waals surface area contributed by atoms with Crippen molar-refractivity contribution in [3.63, 3.8) is 0 Å². The van der Waals surface area contributed by atoms with Crippen molar-refractivity contribution in [2.24, 2.45) is 11.1 Å². The number of carbonyl (C=O) groups is 1. The van der Waals surface area contributed by atoms with Crippen molar-refractivity contribution in [2.45, 2.75) is 51.9 Å². The number of benzene rings is 1. The summed E-state index contributed by atoms with van der Waals surface area (Å²) >= 11 is 6.13. The number of aliphatic hydroxyl groups is 1. The second kappa shape index (κ2) is 9.28. The Morgan fingerprint density at radius 1 is 1.36 bits per heavy atom. The molecule has 0 radical (unpaired) electrons. The topological polar surface area (TPSA) is 128 Å².